The quantitative estimate of drug-likeness (QED) is 0.0466. The van der Waals surface area contributed by atoms with Gasteiger partial charge >= 0.3 is 5.97 Å². The van der Waals surface area contributed by atoms with Gasteiger partial charge in [-0.25, -0.2) is 0 Å². The van der Waals surface area contributed by atoms with E-state index in [0.29, 0.717) is 26.1 Å². The first-order valence-electron chi connectivity index (χ1n) is 19.5. The summed E-state index contributed by atoms with van der Waals surface area (Å²) in [4.78, 5) is 24.6. The van der Waals surface area contributed by atoms with E-state index in [1.54, 1.807) is 0 Å². The lowest BCUT2D eigenvalue weighted by molar-refractivity contribution is -0.144. The highest BCUT2D eigenvalue weighted by molar-refractivity contribution is 5.84. The van der Waals surface area contributed by atoms with Gasteiger partial charge in [0.15, 0.2) is 0 Å². The molecule has 0 fully saturated rings. The molecule has 0 saturated heterocycles. The highest BCUT2D eigenvalue weighted by Crippen LogP contribution is 2.14. The summed E-state index contributed by atoms with van der Waals surface area (Å²) < 4.78 is 11.9. The summed E-state index contributed by atoms with van der Waals surface area (Å²) in [5, 5.41) is 15.7. The van der Waals surface area contributed by atoms with Crippen molar-refractivity contribution >= 4 is 11.9 Å². The number of rotatable bonds is 36. The summed E-state index contributed by atoms with van der Waals surface area (Å²) >= 11 is 0. The molecule has 268 valence electrons. The smallest absolute Gasteiger partial charge is 0.321 e. The van der Waals surface area contributed by atoms with Gasteiger partial charge in [0, 0.05) is 13.2 Å². The number of carboxylic acid groups (broad SMARTS) is 1. The number of ether oxygens (including phenoxy) is 2. The Bertz CT molecular complexity index is 648. The second-order valence-corrected chi connectivity index (χ2v) is 13.1. The number of unbranched alkanes of at least 4 members (excludes halogenated alkanes) is 22. The first kappa shape index (κ1) is 43.8. The molecule has 0 rings (SSSR count). The summed E-state index contributed by atoms with van der Waals surface area (Å²) in [5.74, 6) is -1.35. The van der Waals surface area contributed by atoms with Crippen molar-refractivity contribution in [2.75, 3.05) is 13.2 Å². The molecule has 0 spiro atoms. The summed E-state index contributed by atoms with van der Waals surface area (Å²) in [7, 11) is 0. The molecule has 7 heteroatoms. The molecule has 45 heavy (non-hydrogen) atoms. The van der Waals surface area contributed by atoms with Crippen LogP contribution in [0.2, 0.25) is 0 Å². The van der Waals surface area contributed by atoms with E-state index in [4.69, 9.17) is 9.47 Å². The molecule has 0 aliphatic rings. The van der Waals surface area contributed by atoms with Gasteiger partial charge in [0.1, 0.15) is 18.5 Å². The number of amides is 1. The molecule has 0 radical (unpaired) electrons. The number of hydrogen-bond acceptors (Lipinski definition) is 5. The van der Waals surface area contributed by atoms with Crippen LogP contribution in [-0.2, 0) is 19.1 Å². The second-order valence-electron chi connectivity index (χ2n) is 13.1. The van der Waals surface area contributed by atoms with E-state index < -0.39 is 12.0 Å². The fraction of sp³-hybridized carbons (Fsp3) is 0.947. The van der Waals surface area contributed by atoms with E-state index in [0.717, 1.165) is 25.7 Å². The summed E-state index contributed by atoms with van der Waals surface area (Å²) in [6, 6.07) is -0.995. The Labute approximate surface area is 279 Å². The van der Waals surface area contributed by atoms with E-state index in [2.05, 4.69) is 24.5 Å². The van der Waals surface area contributed by atoms with Gasteiger partial charge < -0.3 is 19.9 Å². The Hall–Kier alpha value is -1.18. The van der Waals surface area contributed by atoms with Crippen LogP contribution in [0.5, 0.6) is 0 Å². The largest absolute Gasteiger partial charge is 0.480 e. The molecule has 3 atom stereocenters. The van der Waals surface area contributed by atoms with Crippen molar-refractivity contribution in [3.8, 4) is 0 Å². The first-order valence-corrected chi connectivity index (χ1v) is 19.5. The normalized spacial score (nSPS) is 13.5. The SMILES string of the molecule is CCCCCCCCCCCCCCOC(CC)NC(=O)CC(NC(CC)OCCCCCCCCCCCCCC)C(=O)O. The maximum atomic E-state index is 12.7. The number of carbonyl (C=O) groups is 2. The van der Waals surface area contributed by atoms with Crippen molar-refractivity contribution in [1.29, 1.82) is 0 Å². The second kappa shape index (κ2) is 34.2. The predicted molar refractivity (Wildman–Crippen MR) is 190 cm³/mol. The molecule has 0 aliphatic carbocycles. The van der Waals surface area contributed by atoms with Crippen molar-refractivity contribution in [2.24, 2.45) is 0 Å². The number of aliphatic carboxylic acids is 1. The molecular weight excluding hydrogens is 564 g/mol. The van der Waals surface area contributed by atoms with Crippen LogP contribution in [0, 0.1) is 0 Å². The number of carbonyl (C=O) groups excluding carboxylic acids is 1. The number of nitrogens with one attached hydrogen (secondary N) is 2. The van der Waals surface area contributed by atoms with Crippen LogP contribution in [0.25, 0.3) is 0 Å². The van der Waals surface area contributed by atoms with E-state index in [-0.39, 0.29) is 24.8 Å². The van der Waals surface area contributed by atoms with Crippen LogP contribution in [0.1, 0.15) is 201 Å². The molecule has 0 aliphatic heterocycles. The third kappa shape index (κ3) is 29.9. The van der Waals surface area contributed by atoms with Gasteiger partial charge in [-0.15, -0.1) is 0 Å². The predicted octanol–water partition coefficient (Wildman–Crippen LogP) is 10.4. The Balaban J connectivity index is 4.00. The molecule has 0 saturated carbocycles. The van der Waals surface area contributed by atoms with E-state index in [9.17, 15) is 14.7 Å². The monoisotopic (exact) mass is 641 g/mol. The highest BCUT2D eigenvalue weighted by atomic mass is 16.5. The Morgan fingerprint density at radius 2 is 0.844 bits per heavy atom. The fourth-order valence-electron chi connectivity index (χ4n) is 5.75. The molecule has 7 nitrogen and oxygen atoms in total. The van der Waals surface area contributed by atoms with Crippen LogP contribution in [0.3, 0.4) is 0 Å². The maximum absolute atomic E-state index is 12.7. The minimum absolute atomic E-state index is 0.147. The lowest BCUT2D eigenvalue weighted by Gasteiger charge is -2.24. The van der Waals surface area contributed by atoms with Gasteiger partial charge in [-0.2, -0.15) is 0 Å². The number of hydrogen-bond donors (Lipinski definition) is 3. The van der Waals surface area contributed by atoms with Gasteiger partial charge in [-0.3, -0.25) is 14.9 Å². The molecule has 0 heterocycles. The van der Waals surface area contributed by atoms with Gasteiger partial charge in [-0.05, 0) is 25.7 Å². The zero-order valence-electron chi connectivity index (χ0n) is 30.3. The van der Waals surface area contributed by atoms with Crippen LogP contribution in [0.4, 0.5) is 0 Å². The van der Waals surface area contributed by atoms with Crippen molar-refractivity contribution in [1.82, 2.24) is 10.6 Å². The molecule has 3 N–H and O–H groups in total. The van der Waals surface area contributed by atoms with Crippen LogP contribution < -0.4 is 10.6 Å². The van der Waals surface area contributed by atoms with E-state index in [1.165, 1.54) is 128 Å². The highest BCUT2D eigenvalue weighted by Gasteiger charge is 2.25. The molecule has 0 aromatic carbocycles. The van der Waals surface area contributed by atoms with Gasteiger partial charge in [0.2, 0.25) is 5.91 Å². The minimum Gasteiger partial charge on any atom is -0.480 e. The zero-order valence-corrected chi connectivity index (χ0v) is 30.3. The molecule has 1 amide bonds. The van der Waals surface area contributed by atoms with E-state index in [1.807, 2.05) is 13.8 Å². The standard InChI is InChI=1S/C38H76N2O5/c1-5-9-11-13-15-17-19-21-23-25-27-29-31-44-36(7-3)39-34(38(42)43)33-35(41)40-37(8-4)45-32-30-28-26-24-22-20-18-16-14-12-10-6-2/h34,36-37,39H,5-33H2,1-4H3,(H,40,41)(H,42,43). The molecule has 3 unspecified atom stereocenters. The number of carboxylic acids is 1. The summed E-state index contributed by atoms with van der Waals surface area (Å²) in [5.41, 5.74) is 0. The van der Waals surface area contributed by atoms with Gasteiger partial charge in [-0.1, -0.05) is 169 Å². The third-order valence-corrected chi connectivity index (χ3v) is 8.77. The van der Waals surface area contributed by atoms with Crippen LogP contribution in [-0.4, -0.2) is 48.7 Å². The van der Waals surface area contributed by atoms with Gasteiger partial charge in [0.05, 0.1) is 6.42 Å². The Morgan fingerprint density at radius 1 is 0.511 bits per heavy atom. The van der Waals surface area contributed by atoms with Crippen molar-refractivity contribution in [3.63, 3.8) is 0 Å². The first-order chi connectivity index (χ1) is 22.0. The average molecular weight is 641 g/mol. The third-order valence-electron chi connectivity index (χ3n) is 8.77. The summed E-state index contributed by atoms with van der Waals surface area (Å²) in [6.07, 6.45) is 31.4. The van der Waals surface area contributed by atoms with Crippen molar-refractivity contribution in [3.05, 3.63) is 0 Å². The Kier molecular flexibility index (Phi) is 33.3. The summed E-state index contributed by atoms with van der Waals surface area (Å²) in [6.45, 7) is 9.68. The fourth-order valence-corrected chi connectivity index (χ4v) is 5.75. The lowest BCUT2D eigenvalue weighted by Crippen LogP contribution is -2.48. The van der Waals surface area contributed by atoms with Crippen LogP contribution >= 0.6 is 0 Å². The van der Waals surface area contributed by atoms with E-state index >= 15 is 0 Å². The van der Waals surface area contributed by atoms with Crippen molar-refractivity contribution in [2.45, 2.75) is 220 Å². The molecule has 0 bridgehead atoms. The molecule has 0 aromatic heterocycles. The average Bonchev–Trinajstić information content (AvgIpc) is 3.03. The lowest BCUT2D eigenvalue weighted by atomic mass is 10.1. The topological polar surface area (TPSA) is 96.9 Å². The molecular formula is C38H76N2O5. The Morgan fingerprint density at radius 3 is 1.18 bits per heavy atom. The zero-order chi connectivity index (χ0) is 33.2. The maximum Gasteiger partial charge on any atom is 0.321 e. The van der Waals surface area contributed by atoms with Gasteiger partial charge in [0.25, 0.3) is 0 Å². The minimum atomic E-state index is -1.04. The molecule has 0 aromatic rings. The van der Waals surface area contributed by atoms with Crippen LogP contribution in [0.15, 0.2) is 0 Å². The van der Waals surface area contributed by atoms with Crippen molar-refractivity contribution < 1.29 is 24.2 Å².